The van der Waals surface area contributed by atoms with Crippen LogP contribution >= 0.6 is 11.6 Å². The fourth-order valence-electron chi connectivity index (χ4n) is 4.25. The Hall–Kier alpha value is -2.90. The summed E-state index contributed by atoms with van der Waals surface area (Å²) >= 11 is 6.09. The normalized spacial score (nSPS) is 15.3. The highest BCUT2D eigenvalue weighted by Gasteiger charge is 2.31. The first kappa shape index (κ1) is 24.2. The third-order valence-corrected chi connectivity index (χ3v) is 6.24. The Morgan fingerprint density at radius 1 is 0.971 bits per heavy atom. The van der Waals surface area contributed by atoms with Crippen molar-refractivity contribution in [3.8, 4) is 0 Å². The first-order valence-corrected chi connectivity index (χ1v) is 11.3. The summed E-state index contributed by atoms with van der Waals surface area (Å²) in [5.41, 5.74) is 1.19. The molecule has 0 N–H and O–H groups in total. The molecule has 3 nitrogen and oxygen atoms in total. The number of carbonyl (C=O) groups excluding carboxylic acids is 1. The van der Waals surface area contributed by atoms with E-state index in [2.05, 4.69) is 4.90 Å². The third kappa shape index (κ3) is 5.77. The molecule has 0 spiro atoms. The Balaban J connectivity index is 1.47. The van der Waals surface area contributed by atoms with Crippen LogP contribution in [-0.4, -0.2) is 29.9 Å². The van der Waals surface area contributed by atoms with Crippen LogP contribution in [0.5, 0.6) is 0 Å². The van der Waals surface area contributed by atoms with Gasteiger partial charge in [0.25, 0.3) is 5.91 Å². The Morgan fingerprint density at radius 3 is 2.21 bits per heavy atom. The molecule has 1 fully saturated rings. The van der Waals surface area contributed by atoms with Crippen molar-refractivity contribution in [2.24, 2.45) is 0 Å². The van der Waals surface area contributed by atoms with Crippen molar-refractivity contribution in [1.29, 1.82) is 0 Å². The molecule has 1 saturated heterocycles. The predicted molar refractivity (Wildman–Crippen MR) is 124 cm³/mol. The summed E-state index contributed by atoms with van der Waals surface area (Å²) in [5, 5.41) is 0.455. The summed E-state index contributed by atoms with van der Waals surface area (Å²) < 4.78 is 51.9. The number of nitrogens with zero attached hydrogens (tertiary/aromatic N) is 2. The van der Waals surface area contributed by atoms with E-state index >= 15 is 0 Å². The maximum absolute atomic E-state index is 13.5. The monoisotopic (exact) mass is 490 g/mol. The molecule has 0 atom stereocenters. The number of halogens is 5. The van der Waals surface area contributed by atoms with Crippen LogP contribution in [0, 0.1) is 5.82 Å². The van der Waals surface area contributed by atoms with E-state index in [9.17, 15) is 22.4 Å². The van der Waals surface area contributed by atoms with Gasteiger partial charge in [-0.15, -0.1) is 0 Å². The molecule has 0 saturated carbocycles. The van der Waals surface area contributed by atoms with E-state index in [0.717, 1.165) is 17.7 Å². The number of hydrogen-bond acceptors (Lipinski definition) is 2. The average molecular weight is 491 g/mol. The zero-order valence-corrected chi connectivity index (χ0v) is 19.0. The number of hydrogen-bond donors (Lipinski definition) is 0. The van der Waals surface area contributed by atoms with Crippen LogP contribution < -0.4 is 4.90 Å². The SMILES string of the molecule is O=C(c1cccc(Cl)c1)N(c1ccc(F)cc1)C1CCN(Cc2ccc(C(F)(F)F)cc2)CC1. The van der Waals surface area contributed by atoms with Crippen molar-refractivity contribution in [3.63, 3.8) is 0 Å². The molecule has 8 heteroatoms. The van der Waals surface area contributed by atoms with Crippen LogP contribution in [-0.2, 0) is 12.7 Å². The third-order valence-electron chi connectivity index (χ3n) is 6.00. The van der Waals surface area contributed by atoms with Gasteiger partial charge in [0.15, 0.2) is 0 Å². The molecule has 178 valence electrons. The van der Waals surface area contributed by atoms with Gasteiger partial charge in [0.1, 0.15) is 5.82 Å². The van der Waals surface area contributed by atoms with E-state index in [-0.39, 0.29) is 17.8 Å². The molecular formula is C26H23ClF4N2O. The van der Waals surface area contributed by atoms with E-state index in [0.29, 0.717) is 48.7 Å². The largest absolute Gasteiger partial charge is 0.416 e. The zero-order chi connectivity index (χ0) is 24.3. The first-order valence-electron chi connectivity index (χ1n) is 10.9. The van der Waals surface area contributed by atoms with Crippen molar-refractivity contribution in [1.82, 2.24) is 4.90 Å². The summed E-state index contributed by atoms with van der Waals surface area (Å²) in [6, 6.07) is 17.6. The molecule has 0 unspecified atom stereocenters. The van der Waals surface area contributed by atoms with Gasteiger partial charge >= 0.3 is 6.18 Å². The second kappa shape index (κ2) is 10.2. The smallest absolute Gasteiger partial charge is 0.305 e. The average Bonchev–Trinajstić information content (AvgIpc) is 2.81. The minimum absolute atomic E-state index is 0.110. The van der Waals surface area contributed by atoms with E-state index < -0.39 is 11.7 Å². The number of rotatable bonds is 5. The van der Waals surface area contributed by atoms with Crippen LogP contribution in [0.1, 0.15) is 34.3 Å². The van der Waals surface area contributed by atoms with Crippen molar-refractivity contribution in [2.75, 3.05) is 18.0 Å². The lowest BCUT2D eigenvalue weighted by atomic mass is 10.00. The summed E-state index contributed by atoms with van der Waals surface area (Å²) in [5.74, 6) is -0.597. The maximum Gasteiger partial charge on any atom is 0.416 e. The Labute approximate surface area is 200 Å². The zero-order valence-electron chi connectivity index (χ0n) is 18.2. The van der Waals surface area contributed by atoms with E-state index in [1.165, 1.54) is 24.3 Å². The molecule has 0 aliphatic carbocycles. The molecule has 1 heterocycles. The number of likely N-dealkylation sites (tertiary alicyclic amines) is 1. The van der Waals surface area contributed by atoms with Gasteiger partial charge in [0.05, 0.1) is 5.56 Å². The van der Waals surface area contributed by atoms with Crippen molar-refractivity contribution < 1.29 is 22.4 Å². The van der Waals surface area contributed by atoms with Crippen LogP contribution in [0.15, 0.2) is 72.8 Å². The summed E-state index contributed by atoms with van der Waals surface area (Å²) in [6.45, 7) is 1.88. The lowest BCUT2D eigenvalue weighted by molar-refractivity contribution is -0.137. The highest BCUT2D eigenvalue weighted by molar-refractivity contribution is 6.31. The Morgan fingerprint density at radius 2 is 1.62 bits per heavy atom. The quantitative estimate of drug-likeness (QED) is 0.367. The number of piperidine rings is 1. The number of carbonyl (C=O) groups is 1. The van der Waals surface area contributed by atoms with Gasteiger partial charge < -0.3 is 4.90 Å². The molecule has 1 aliphatic heterocycles. The van der Waals surface area contributed by atoms with Crippen LogP contribution in [0.3, 0.4) is 0 Å². The fraction of sp³-hybridized carbons (Fsp3) is 0.269. The number of anilines is 1. The van der Waals surface area contributed by atoms with Gasteiger partial charge in [-0.2, -0.15) is 13.2 Å². The van der Waals surface area contributed by atoms with Crippen LogP contribution in [0.25, 0.3) is 0 Å². The molecule has 0 aromatic heterocycles. The predicted octanol–water partition coefficient (Wildman–Crippen LogP) is 6.81. The Bertz CT molecular complexity index is 1120. The molecule has 0 radical (unpaired) electrons. The molecular weight excluding hydrogens is 468 g/mol. The van der Waals surface area contributed by atoms with Crippen LogP contribution in [0.4, 0.5) is 23.2 Å². The molecule has 3 aromatic carbocycles. The minimum atomic E-state index is -4.35. The molecule has 34 heavy (non-hydrogen) atoms. The molecule has 1 aliphatic rings. The van der Waals surface area contributed by atoms with E-state index in [1.807, 2.05) is 0 Å². The van der Waals surface area contributed by atoms with Crippen LogP contribution in [0.2, 0.25) is 5.02 Å². The molecule has 1 amide bonds. The topological polar surface area (TPSA) is 23.6 Å². The second-order valence-electron chi connectivity index (χ2n) is 8.36. The van der Waals surface area contributed by atoms with Gasteiger partial charge in [-0.25, -0.2) is 4.39 Å². The Kier molecular flexibility index (Phi) is 7.24. The fourth-order valence-corrected chi connectivity index (χ4v) is 4.44. The summed E-state index contributed by atoms with van der Waals surface area (Å²) in [7, 11) is 0. The lowest BCUT2D eigenvalue weighted by Crippen LogP contribution is -2.47. The second-order valence-corrected chi connectivity index (χ2v) is 8.80. The van der Waals surface area contributed by atoms with Gasteiger partial charge in [-0.05, 0) is 73.0 Å². The summed E-state index contributed by atoms with van der Waals surface area (Å²) in [4.78, 5) is 17.3. The number of amides is 1. The molecule has 3 aromatic rings. The van der Waals surface area contributed by atoms with Gasteiger partial charge in [0.2, 0.25) is 0 Å². The maximum atomic E-state index is 13.5. The number of alkyl halides is 3. The standard InChI is InChI=1S/C26H23ClF4N2O/c27-21-3-1-2-19(16-21)25(34)33(23-10-8-22(28)9-11-23)24-12-14-32(15-13-24)17-18-4-6-20(7-5-18)26(29,30)31/h1-11,16,24H,12-15,17H2. The molecule has 4 rings (SSSR count). The van der Waals surface area contributed by atoms with Crippen molar-refractivity contribution in [3.05, 3.63) is 100 Å². The highest BCUT2D eigenvalue weighted by Crippen LogP contribution is 2.30. The van der Waals surface area contributed by atoms with Gasteiger partial charge in [-0.1, -0.05) is 29.8 Å². The van der Waals surface area contributed by atoms with Gasteiger partial charge in [0, 0.05) is 41.9 Å². The van der Waals surface area contributed by atoms with E-state index in [1.54, 1.807) is 41.3 Å². The van der Waals surface area contributed by atoms with Crippen molar-refractivity contribution >= 4 is 23.2 Å². The highest BCUT2D eigenvalue weighted by atomic mass is 35.5. The minimum Gasteiger partial charge on any atom is -0.305 e. The first-order chi connectivity index (χ1) is 16.2. The lowest BCUT2D eigenvalue weighted by Gasteiger charge is -2.38. The molecule has 0 bridgehead atoms. The number of benzene rings is 3. The van der Waals surface area contributed by atoms with E-state index in [4.69, 9.17) is 11.6 Å². The van der Waals surface area contributed by atoms with Crippen molar-refractivity contribution in [2.45, 2.75) is 31.6 Å². The summed E-state index contributed by atoms with van der Waals surface area (Å²) in [6.07, 6.45) is -3.01. The van der Waals surface area contributed by atoms with Gasteiger partial charge in [-0.3, -0.25) is 9.69 Å².